The minimum Gasteiger partial charge on any atom is -0.493 e. The Hall–Kier alpha value is -3.68. The number of nitrogens with one attached hydrogen (secondary N) is 1. The number of rotatable bonds is 7. The van der Waals surface area contributed by atoms with Crippen LogP contribution in [0.5, 0.6) is 11.5 Å². The van der Waals surface area contributed by atoms with Crippen LogP contribution >= 0.6 is 23.8 Å². The van der Waals surface area contributed by atoms with Crippen molar-refractivity contribution in [1.29, 1.82) is 0 Å². The first kappa shape index (κ1) is 25.4. The summed E-state index contributed by atoms with van der Waals surface area (Å²) in [7, 11) is 1.50. The highest BCUT2D eigenvalue weighted by atomic mass is 35.5. The van der Waals surface area contributed by atoms with E-state index in [1.165, 1.54) is 18.1 Å². The van der Waals surface area contributed by atoms with Gasteiger partial charge in [0.25, 0.3) is 11.8 Å². The molecule has 1 aliphatic rings. The molecule has 3 aromatic rings. The van der Waals surface area contributed by atoms with Gasteiger partial charge in [-0.3, -0.25) is 19.8 Å². The number of aryl methyl sites for hydroxylation is 2. The number of methoxy groups -OCH3 is 1. The molecule has 0 atom stereocenters. The van der Waals surface area contributed by atoms with Crippen molar-refractivity contribution < 1.29 is 19.1 Å². The third-order valence-electron chi connectivity index (χ3n) is 5.77. The lowest BCUT2D eigenvalue weighted by Crippen LogP contribution is -2.54. The normalized spacial score (nSPS) is 14.7. The number of amides is 2. The van der Waals surface area contributed by atoms with E-state index in [1.54, 1.807) is 24.3 Å². The van der Waals surface area contributed by atoms with Crippen molar-refractivity contribution in [2.75, 3.05) is 12.0 Å². The van der Waals surface area contributed by atoms with Gasteiger partial charge in [0.05, 0.1) is 17.8 Å². The number of carbonyl (C=O) groups excluding carboxylic acids is 2. The Bertz CT molecular complexity index is 1350. The molecule has 6 nitrogen and oxygen atoms in total. The van der Waals surface area contributed by atoms with E-state index in [2.05, 4.69) is 5.32 Å². The van der Waals surface area contributed by atoms with Crippen LogP contribution in [-0.2, 0) is 22.6 Å². The fourth-order valence-electron chi connectivity index (χ4n) is 3.74. The molecule has 1 aliphatic heterocycles. The van der Waals surface area contributed by atoms with E-state index < -0.39 is 11.8 Å². The van der Waals surface area contributed by atoms with Gasteiger partial charge in [-0.15, -0.1) is 0 Å². The first-order valence-electron chi connectivity index (χ1n) is 11.4. The molecule has 0 radical (unpaired) electrons. The van der Waals surface area contributed by atoms with Crippen molar-refractivity contribution >= 4 is 52.5 Å². The lowest BCUT2D eigenvalue weighted by atomic mass is 10.1. The summed E-state index contributed by atoms with van der Waals surface area (Å²) in [6.07, 6.45) is 2.33. The summed E-state index contributed by atoms with van der Waals surface area (Å²) in [5, 5.41) is 2.92. The summed E-state index contributed by atoms with van der Waals surface area (Å²) < 4.78 is 11.4. The van der Waals surface area contributed by atoms with Crippen LogP contribution in [0.1, 0.15) is 29.2 Å². The van der Waals surface area contributed by atoms with E-state index in [-0.39, 0.29) is 10.7 Å². The first-order valence-corrected chi connectivity index (χ1v) is 12.2. The molecule has 0 unspecified atom stereocenters. The molecule has 8 heteroatoms. The quantitative estimate of drug-likeness (QED) is 0.248. The fourth-order valence-corrected chi connectivity index (χ4v) is 4.30. The number of hydrogen-bond acceptors (Lipinski definition) is 5. The van der Waals surface area contributed by atoms with E-state index in [9.17, 15) is 9.59 Å². The van der Waals surface area contributed by atoms with E-state index >= 15 is 0 Å². The zero-order valence-electron chi connectivity index (χ0n) is 20.1. The molecule has 2 amide bonds. The summed E-state index contributed by atoms with van der Waals surface area (Å²) in [6.45, 7) is 4.37. The topological polar surface area (TPSA) is 67.9 Å². The van der Waals surface area contributed by atoms with Crippen molar-refractivity contribution in [3.05, 3.63) is 93.5 Å². The van der Waals surface area contributed by atoms with Crippen LogP contribution in [0.4, 0.5) is 5.69 Å². The molecule has 0 spiro atoms. The minimum atomic E-state index is -0.582. The predicted molar refractivity (Wildman–Crippen MR) is 146 cm³/mol. The highest BCUT2D eigenvalue weighted by Crippen LogP contribution is 2.38. The summed E-state index contributed by atoms with van der Waals surface area (Å²) in [4.78, 5) is 27.3. The molecular weight excluding hydrogens is 496 g/mol. The molecule has 0 saturated carbocycles. The maximum atomic E-state index is 13.3. The smallest absolute Gasteiger partial charge is 0.270 e. The number of thiocarbonyl (C=S) groups is 1. The van der Waals surface area contributed by atoms with Gasteiger partial charge in [0.2, 0.25) is 0 Å². The summed E-state index contributed by atoms with van der Waals surface area (Å²) in [6, 6.07) is 18.7. The van der Waals surface area contributed by atoms with Gasteiger partial charge in [-0.1, -0.05) is 60.5 Å². The largest absolute Gasteiger partial charge is 0.493 e. The van der Waals surface area contributed by atoms with Crippen molar-refractivity contribution in [3.8, 4) is 11.5 Å². The molecule has 0 aromatic heterocycles. The maximum Gasteiger partial charge on any atom is 0.270 e. The summed E-state index contributed by atoms with van der Waals surface area (Å²) in [5.74, 6) is -0.350. The van der Waals surface area contributed by atoms with Crippen LogP contribution in [0, 0.1) is 6.92 Å². The van der Waals surface area contributed by atoms with Crippen LogP contribution < -0.4 is 19.7 Å². The number of nitrogens with zero attached hydrogens (tertiary/aromatic N) is 1. The zero-order valence-corrected chi connectivity index (χ0v) is 21.7. The van der Waals surface area contributed by atoms with Crippen molar-refractivity contribution in [1.82, 2.24) is 5.32 Å². The van der Waals surface area contributed by atoms with Crippen molar-refractivity contribution in [2.45, 2.75) is 26.9 Å². The Kier molecular flexibility index (Phi) is 7.72. The molecular formula is C28H25ClN2O4S. The fraction of sp³-hybridized carbons (Fsp3) is 0.179. The van der Waals surface area contributed by atoms with Gasteiger partial charge in [0, 0.05) is 0 Å². The highest BCUT2D eigenvalue weighted by molar-refractivity contribution is 7.80. The molecule has 3 aromatic carbocycles. The SMILES string of the molecule is CCc1ccc(N2C(=O)/C(=C/c3cc(Cl)c(OCc4ccc(C)cc4)c(OC)c3)C(=O)NC2=S)cc1. The average Bonchev–Trinajstić information content (AvgIpc) is 2.87. The van der Waals surface area contributed by atoms with Gasteiger partial charge >= 0.3 is 0 Å². The van der Waals surface area contributed by atoms with Crippen LogP contribution in [-0.4, -0.2) is 24.0 Å². The third kappa shape index (κ3) is 5.42. The Labute approximate surface area is 220 Å². The van der Waals surface area contributed by atoms with Gasteiger partial charge in [-0.05, 0) is 72.6 Å². The number of ether oxygens (including phenoxy) is 2. The maximum absolute atomic E-state index is 13.3. The van der Waals surface area contributed by atoms with Crippen molar-refractivity contribution in [3.63, 3.8) is 0 Å². The molecule has 1 saturated heterocycles. The lowest BCUT2D eigenvalue weighted by Gasteiger charge is -2.29. The van der Waals surface area contributed by atoms with Crippen LogP contribution in [0.25, 0.3) is 6.08 Å². The van der Waals surface area contributed by atoms with Gasteiger partial charge in [0.1, 0.15) is 12.2 Å². The van der Waals surface area contributed by atoms with Gasteiger partial charge in [0.15, 0.2) is 16.6 Å². The van der Waals surface area contributed by atoms with E-state index in [4.69, 9.17) is 33.3 Å². The Balaban J connectivity index is 1.62. The molecule has 0 bridgehead atoms. The Morgan fingerprint density at radius 1 is 1.03 bits per heavy atom. The average molecular weight is 521 g/mol. The van der Waals surface area contributed by atoms with Crippen LogP contribution in [0.15, 0.2) is 66.2 Å². The zero-order chi connectivity index (χ0) is 25.8. The molecule has 1 fully saturated rings. The highest BCUT2D eigenvalue weighted by Gasteiger charge is 2.34. The lowest BCUT2D eigenvalue weighted by molar-refractivity contribution is -0.122. The van der Waals surface area contributed by atoms with Crippen LogP contribution in [0.2, 0.25) is 5.02 Å². The number of carbonyl (C=O) groups is 2. The van der Waals surface area contributed by atoms with Crippen LogP contribution in [0.3, 0.4) is 0 Å². The second kappa shape index (κ2) is 10.9. The van der Waals surface area contributed by atoms with Gasteiger partial charge in [-0.2, -0.15) is 0 Å². The van der Waals surface area contributed by atoms with E-state index in [0.717, 1.165) is 23.1 Å². The molecule has 36 heavy (non-hydrogen) atoms. The van der Waals surface area contributed by atoms with E-state index in [1.807, 2.05) is 50.2 Å². The van der Waals surface area contributed by atoms with E-state index in [0.29, 0.717) is 34.4 Å². The molecule has 1 heterocycles. The van der Waals surface area contributed by atoms with Crippen molar-refractivity contribution in [2.24, 2.45) is 0 Å². The van der Waals surface area contributed by atoms with Gasteiger partial charge in [-0.25, -0.2) is 0 Å². The number of benzene rings is 3. The minimum absolute atomic E-state index is 0.0295. The molecule has 4 rings (SSSR count). The Morgan fingerprint density at radius 3 is 2.33 bits per heavy atom. The molecule has 0 aliphatic carbocycles. The standard InChI is InChI=1S/C28H25ClN2O4S/c1-4-18-9-11-21(12-10-18)31-27(33)22(26(32)30-28(31)36)13-20-14-23(29)25(24(15-20)34-3)35-16-19-7-5-17(2)6-8-19/h5-15H,4,16H2,1-3H3,(H,30,32,36)/b22-13+. The molecule has 184 valence electrons. The summed E-state index contributed by atoms with van der Waals surface area (Å²) in [5.41, 5.74) is 4.27. The number of hydrogen-bond donors (Lipinski definition) is 1. The Morgan fingerprint density at radius 2 is 1.69 bits per heavy atom. The number of halogens is 1. The first-order chi connectivity index (χ1) is 17.3. The second-order valence-corrected chi connectivity index (χ2v) is 9.08. The summed E-state index contributed by atoms with van der Waals surface area (Å²) >= 11 is 11.8. The molecule has 1 N–H and O–H groups in total. The van der Waals surface area contributed by atoms with Gasteiger partial charge < -0.3 is 9.47 Å². The second-order valence-electron chi connectivity index (χ2n) is 8.29. The third-order valence-corrected chi connectivity index (χ3v) is 6.34. The monoisotopic (exact) mass is 520 g/mol. The number of anilines is 1. The predicted octanol–water partition coefficient (Wildman–Crippen LogP) is 5.63.